The van der Waals surface area contributed by atoms with Crippen molar-refractivity contribution in [3.05, 3.63) is 28.2 Å². The van der Waals surface area contributed by atoms with Crippen LogP contribution in [0.5, 0.6) is 0 Å². The van der Waals surface area contributed by atoms with E-state index in [1.54, 1.807) is 7.11 Å². The molecule has 96 valence electrons. The highest BCUT2D eigenvalue weighted by Gasteiger charge is 2.02. The molecule has 0 atom stereocenters. The lowest BCUT2D eigenvalue weighted by Crippen LogP contribution is -2.11. The maximum atomic E-state index is 5.04. The molecule has 0 heterocycles. The van der Waals surface area contributed by atoms with E-state index < -0.39 is 0 Å². The predicted molar refractivity (Wildman–Crippen MR) is 78.7 cm³/mol. The Kier molecular flexibility index (Phi) is 7.93. The molecule has 0 aliphatic heterocycles. The zero-order valence-corrected chi connectivity index (χ0v) is 12.9. The Morgan fingerprint density at radius 1 is 1.41 bits per heavy atom. The van der Waals surface area contributed by atoms with Crippen LogP contribution in [0.4, 0.5) is 0 Å². The molecule has 0 spiro atoms. The summed E-state index contributed by atoms with van der Waals surface area (Å²) < 4.78 is 6.23. The number of rotatable bonds is 8. The summed E-state index contributed by atoms with van der Waals surface area (Å²) in [7, 11) is 1.75. The Labute approximate surface area is 117 Å². The van der Waals surface area contributed by atoms with Crippen molar-refractivity contribution in [1.82, 2.24) is 5.32 Å². The van der Waals surface area contributed by atoms with Crippen molar-refractivity contribution < 1.29 is 4.74 Å². The van der Waals surface area contributed by atoms with E-state index in [1.807, 2.05) is 11.8 Å². The molecule has 0 radical (unpaired) electrons. The van der Waals surface area contributed by atoms with Gasteiger partial charge in [-0.3, -0.25) is 0 Å². The third-order valence-electron chi connectivity index (χ3n) is 2.33. The Hall–Kier alpha value is -0.0300. The Bertz CT molecular complexity index is 333. The van der Waals surface area contributed by atoms with Crippen LogP contribution in [0, 0.1) is 0 Å². The number of benzene rings is 1. The van der Waals surface area contributed by atoms with Crippen LogP contribution < -0.4 is 5.32 Å². The number of ether oxygens (including phenoxy) is 1. The topological polar surface area (TPSA) is 21.3 Å². The van der Waals surface area contributed by atoms with Crippen LogP contribution in [-0.2, 0) is 11.3 Å². The van der Waals surface area contributed by atoms with Gasteiger partial charge in [-0.2, -0.15) is 0 Å². The summed E-state index contributed by atoms with van der Waals surface area (Å²) in [6, 6.07) is 6.57. The monoisotopic (exact) mass is 317 g/mol. The number of methoxy groups -OCH3 is 1. The molecule has 0 bridgehead atoms. The molecule has 1 N–H and O–H groups in total. The molecule has 0 saturated heterocycles. The van der Waals surface area contributed by atoms with Gasteiger partial charge in [0.25, 0.3) is 0 Å². The summed E-state index contributed by atoms with van der Waals surface area (Å²) in [5.74, 6) is 1.10. The maximum Gasteiger partial charge on any atom is 0.0470 e. The quantitative estimate of drug-likeness (QED) is 0.583. The van der Waals surface area contributed by atoms with Gasteiger partial charge in [-0.25, -0.2) is 0 Å². The number of halogens is 1. The van der Waals surface area contributed by atoms with E-state index in [0.29, 0.717) is 0 Å². The third-order valence-corrected chi connectivity index (χ3v) is 4.40. The van der Waals surface area contributed by atoms with Gasteiger partial charge in [-0.05, 0) is 46.6 Å². The van der Waals surface area contributed by atoms with Crippen molar-refractivity contribution >= 4 is 27.7 Å². The molecule has 0 unspecified atom stereocenters. The van der Waals surface area contributed by atoms with Crippen LogP contribution in [0.25, 0.3) is 0 Å². The van der Waals surface area contributed by atoms with Crippen LogP contribution in [0.15, 0.2) is 27.6 Å². The van der Waals surface area contributed by atoms with Gasteiger partial charge in [0.15, 0.2) is 0 Å². The largest absolute Gasteiger partial charge is 0.385 e. The minimum absolute atomic E-state index is 0.836. The average molecular weight is 318 g/mol. The fourth-order valence-corrected chi connectivity index (χ4v) is 3.04. The number of thioether (sulfide) groups is 1. The minimum atomic E-state index is 0.836. The second-order valence-corrected chi connectivity index (χ2v) is 5.73. The van der Waals surface area contributed by atoms with Gasteiger partial charge >= 0.3 is 0 Å². The van der Waals surface area contributed by atoms with Crippen molar-refractivity contribution in [3.63, 3.8) is 0 Å². The molecule has 0 amide bonds. The van der Waals surface area contributed by atoms with Crippen LogP contribution in [-0.4, -0.2) is 26.0 Å². The molecule has 0 aliphatic carbocycles. The first-order chi connectivity index (χ1) is 8.27. The van der Waals surface area contributed by atoms with Gasteiger partial charge in [-0.1, -0.05) is 13.0 Å². The number of nitrogens with one attached hydrogen (secondary N) is 1. The molecule has 0 saturated carbocycles. The van der Waals surface area contributed by atoms with Crippen LogP contribution in [0.2, 0.25) is 0 Å². The first-order valence-electron chi connectivity index (χ1n) is 5.88. The van der Waals surface area contributed by atoms with Gasteiger partial charge in [0, 0.05) is 35.4 Å². The summed E-state index contributed by atoms with van der Waals surface area (Å²) in [4.78, 5) is 1.31. The molecule has 0 fully saturated rings. The van der Waals surface area contributed by atoms with Crippen molar-refractivity contribution in [3.8, 4) is 0 Å². The second-order valence-electron chi connectivity index (χ2n) is 3.74. The smallest absolute Gasteiger partial charge is 0.0470 e. The van der Waals surface area contributed by atoms with Gasteiger partial charge < -0.3 is 10.1 Å². The molecular formula is C13H20BrNOS. The maximum absolute atomic E-state index is 5.04. The predicted octanol–water partition coefficient (Wildman–Crippen LogP) is 3.69. The van der Waals surface area contributed by atoms with Crippen LogP contribution >= 0.6 is 27.7 Å². The van der Waals surface area contributed by atoms with Crippen molar-refractivity contribution in [1.29, 1.82) is 0 Å². The van der Waals surface area contributed by atoms with Crippen molar-refractivity contribution in [2.45, 2.75) is 24.8 Å². The van der Waals surface area contributed by atoms with E-state index >= 15 is 0 Å². The molecule has 0 aromatic heterocycles. The van der Waals surface area contributed by atoms with Crippen molar-refractivity contribution in [2.75, 3.05) is 26.0 Å². The summed E-state index contributed by atoms with van der Waals surface area (Å²) in [5.41, 5.74) is 1.32. The molecule has 4 heteroatoms. The molecular weight excluding hydrogens is 298 g/mol. The first-order valence-corrected chi connectivity index (χ1v) is 7.66. The fraction of sp³-hybridized carbons (Fsp3) is 0.538. The van der Waals surface area contributed by atoms with Gasteiger partial charge in [0.2, 0.25) is 0 Å². The standard InChI is InChI=1S/C13H20BrNOS/c1-3-15-10-11-5-6-13(12(14)9-11)17-8-4-7-16-2/h5-6,9,15H,3-4,7-8,10H2,1-2H3. The van der Waals surface area contributed by atoms with E-state index in [0.717, 1.165) is 31.9 Å². The first kappa shape index (κ1) is 15.0. The highest BCUT2D eigenvalue weighted by molar-refractivity contribution is 9.10. The van der Waals surface area contributed by atoms with E-state index in [1.165, 1.54) is 14.9 Å². The summed E-state index contributed by atoms with van der Waals surface area (Å²) >= 11 is 5.50. The molecule has 2 nitrogen and oxygen atoms in total. The number of hydrogen-bond acceptors (Lipinski definition) is 3. The van der Waals surface area contributed by atoms with E-state index in [4.69, 9.17) is 4.74 Å². The van der Waals surface area contributed by atoms with Crippen LogP contribution in [0.3, 0.4) is 0 Å². The summed E-state index contributed by atoms with van der Waals surface area (Å²) in [6.45, 7) is 4.90. The Morgan fingerprint density at radius 3 is 2.88 bits per heavy atom. The molecule has 1 aromatic carbocycles. The lowest BCUT2D eigenvalue weighted by molar-refractivity contribution is 0.200. The normalized spacial score (nSPS) is 10.8. The van der Waals surface area contributed by atoms with E-state index in [9.17, 15) is 0 Å². The van der Waals surface area contributed by atoms with Crippen molar-refractivity contribution in [2.24, 2.45) is 0 Å². The SMILES string of the molecule is CCNCc1ccc(SCCCOC)c(Br)c1. The third kappa shape index (κ3) is 5.91. The Morgan fingerprint density at radius 2 is 2.24 bits per heavy atom. The van der Waals surface area contributed by atoms with E-state index in [2.05, 4.69) is 46.4 Å². The second kappa shape index (κ2) is 8.97. The van der Waals surface area contributed by atoms with Gasteiger partial charge in [-0.15, -0.1) is 11.8 Å². The number of hydrogen-bond donors (Lipinski definition) is 1. The Balaban J connectivity index is 2.45. The molecule has 1 aromatic rings. The zero-order chi connectivity index (χ0) is 12.5. The molecule has 1 rings (SSSR count). The molecule has 0 aliphatic rings. The zero-order valence-electron chi connectivity index (χ0n) is 10.5. The summed E-state index contributed by atoms with van der Waals surface area (Å²) in [6.07, 6.45) is 1.09. The van der Waals surface area contributed by atoms with Gasteiger partial charge in [0.1, 0.15) is 0 Å². The fourth-order valence-electron chi connectivity index (χ4n) is 1.43. The highest BCUT2D eigenvalue weighted by Crippen LogP contribution is 2.28. The summed E-state index contributed by atoms with van der Waals surface area (Å²) in [5, 5.41) is 3.33. The van der Waals surface area contributed by atoms with Gasteiger partial charge in [0.05, 0.1) is 0 Å². The minimum Gasteiger partial charge on any atom is -0.385 e. The molecule has 17 heavy (non-hydrogen) atoms. The highest BCUT2D eigenvalue weighted by atomic mass is 79.9. The lowest BCUT2D eigenvalue weighted by Gasteiger charge is -2.07. The average Bonchev–Trinajstić information content (AvgIpc) is 2.34. The van der Waals surface area contributed by atoms with E-state index in [-0.39, 0.29) is 0 Å². The van der Waals surface area contributed by atoms with Crippen LogP contribution in [0.1, 0.15) is 18.9 Å². The lowest BCUT2D eigenvalue weighted by atomic mass is 10.2.